The highest BCUT2D eigenvalue weighted by molar-refractivity contribution is 4.55. The van der Waals surface area contributed by atoms with E-state index in [1.165, 1.54) is 96.3 Å². The van der Waals surface area contributed by atoms with Gasteiger partial charge >= 0.3 is 0 Å². The van der Waals surface area contributed by atoms with Crippen molar-refractivity contribution in [3.8, 4) is 0 Å². The van der Waals surface area contributed by atoms with Crippen molar-refractivity contribution in [2.24, 2.45) is 0 Å². The summed E-state index contributed by atoms with van der Waals surface area (Å²) in [5.41, 5.74) is 0. The van der Waals surface area contributed by atoms with Gasteiger partial charge in [0.1, 0.15) is 0 Å². The summed E-state index contributed by atoms with van der Waals surface area (Å²) in [5, 5.41) is 8.88. The largest absolute Gasteiger partial charge is 0.396 e. The molecule has 0 saturated heterocycles. The third-order valence-corrected chi connectivity index (χ3v) is 5.23. The van der Waals surface area contributed by atoms with E-state index >= 15 is 0 Å². The first-order chi connectivity index (χ1) is 12.8. The molecule has 1 N–H and O–H groups in total. The van der Waals surface area contributed by atoms with Gasteiger partial charge in [0.25, 0.3) is 0 Å². The van der Waals surface area contributed by atoms with Crippen LogP contribution in [-0.4, -0.2) is 38.1 Å². The Morgan fingerprint density at radius 1 is 0.654 bits per heavy atom. The zero-order chi connectivity index (χ0) is 19.1. The molecule has 0 aliphatic carbocycles. The zero-order valence-corrected chi connectivity index (χ0v) is 18.0. The molecule has 1 unspecified atom stereocenters. The number of aliphatic hydroxyl groups excluding tert-OH is 1. The Kier molecular flexibility index (Phi) is 22.8. The molecule has 0 aliphatic heterocycles. The molecule has 0 aromatic rings. The molecular formula is C23H48O3. The molecule has 0 aromatic heterocycles. The zero-order valence-electron chi connectivity index (χ0n) is 18.0. The summed E-state index contributed by atoms with van der Waals surface area (Å²) in [7, 11) is 1.68. The maximum Gasteiger partial charge on any atom is 0.0826 e. The number of aliphatic hydroxyl groups is 1. The minimum atomic E-state index is 0.0426. The van der Waals surface area contributed by atoms with E-state index < -0.39 is 0 Å². The van der Waals surface area contributed by atoms with Gasteiger partial charge < -0.3 is 14.6 Å². The second-order valence-electron chi connectivity index (χ2n) is 7.75. The van der Waals surface area contributed by atoms with Gasteiger partial charge in [0, 0.05) is 20.3 Å². The molecule has 0 aromatic carbocycles. The molecule has 0 fully saturated rings. The van der Waals surface area contributed by atoms with Crippen LogP contribution in [0.2, 0.25) is 0 Å². The maximum absolute atomic E-state index is 8.88. The van der Waals surface area contributed by atoms with Crippen molar-refractivity contribution in [1.29, 1.82) is 0 Å². The molecule has 0 heterocycles. The highest BCUT2D eigenvalue weighted by Crippen LogP contribution is 2.13. The topological polar surface area (TPSA) is 38.7 Å². The normalized spacial score (nSPS) is 12.6. The lowest BCUT2D eigenvalue weighted by atomic mass is 10.0. The van der Waals surface area contributed by atoms with Crippen molar-refractivity contribution in [3.05, 3.63) is 0 Å². The predicted molar refractivity (Wildman–Crippen MR) is 113 cm³/mol. The Balaban J connectivity index is 3.07. The number of methoxy groups -OCH3 is 1. The standard InChI is InChI=1S/C23H48O3/c1-3-4-5-6-7-8-9-10-11-12-13-14-15-16-17-18-21-26-22-23(25-2)19-20-24/h23-24H,3-22H2,1-2H3. The number of ether oxygens (including phenoxy) is 2. The quantitative estimate of drug-likeness (QED) is 0.216. The van der Waals surface area contributed by atoms with Gasteiger partial charge in [-0.3, -0.25) is 0 Å². The lowest BCUT2D eigenvalue weighted by molar-refractivity contribution is -0.00406. The highest BCUT2D eigenvalue weighted by Gasteiger charge is 2.05. The summed E-state index contributed by atoms with van der Waals surface area (Å²) in [4.78, 5) is 0. The van der Waals surface area contributed by atoms with E-state index in [1.807, 2.05) is 0 Å². The van der Waals surface area contributed by atoms with Crippen LogP contribution in [0, 0.1) is 0 Å². The van der Waals surface area contributed by atoms with Crippen molar-refractivity contribution in [3.63, 3.8) is 0 Å². The Morgan fingerprint density at radius 2 is 1.08 bits per heavy atom. The van der Waals surface area contributed by atoms with Crippen LogP contribution >= 0.6 is 0 Å². The Morgan fingerprint density at radius 3 is 1.46 bits per heavy atom. The van der Waals surface area contributed by atoms with E-state index in [1.54, 1.807) is 7.11 Å². The fourth-order valence-corrected chi connectivity index (χ4v) is 3.38. The SMILES string of the molecule is CCCCCCCCCCCCCCCCCCOCC(CCO)OC. The van der Waals surface area contributed by atoms with Crippen LogP contribution < -0.4 is 0 Å². The molecule has 0 spiro atoms. The summed E-state index contributed by atoms with van der Waals surface area (Å²) in [6, 6.07) is 0. The number of rotatable bonds is 22. The van der Waals surface area contributed by atoms with Gasteiger partial charge in [0.15, 0.2) is 0 Å². The Labute approximate surface area is 164 Å². The smallest absolute Gasteiger partial charge is 0.0826 e. The molecule has 158 valence electrons. The lowest BCUT2D eigenvalue weighted by Gasteiger charge is -2.14. The van der Waals surface area contributed by atoms with Gasteiger partial charge in [-0.05, 0) is 12.8 Å². The number of unbranched alkanes of at least 4 members (excludes halogenated alkanes) is 15. The van der Waals surface area contributed by atoms with Crippen LogP contribution in [0.4, 0.5) is 0 Å². The fourth-order valence-electron chi connectivity index (χ4n) is 3.38. The molecule has 0 aliphatic rings. The second kappa shape index (κ2) is 22.9. The number of hydrogen-bond acceptors (Lipinski definition) is 3. The van der Waals surface area contributed by atoms with Gasteiger partial charge in [-0.2, -0.15) is 0 Å². The monoisotopic (exact) mass is 372 g/mol. The third-order valence-electron chi connectivity index (χ3n) is 5.23. The first kappa shape index (κ1) is 25.9. The summed E-state index contributed by atoms with van der Waals surface area (Å²) in [5.74, 6) is 0. The lowest BCUT2D eigenvalue weighted by Crippen LogP contribution is -2.20. The fraction of sp³-hybridized carbons (Fsp3) is 1.00. The van der Waals surface area contributed by atoms with Crippen molar-refractivity contribution < 1.29 is 14.6 Å². The first-order valence-electron chi connectivity index (χ1n) is 11.6. The van der Waals surface area contributed by atoms with Crippen LogP contribution in [0.5, 0.6) is 0 Å². The van der Waals surface area contributed by atoms with E-state index in [4.69, 9.17) is 14.6 Å². The van der Waals surface area contributed by atoms with Gasteiger partial charge in [0.2, 0.25) is 0 Å². The molecule has 0 rings (SSSR count). The van der Waals surface area contributed by atoms with E-state index in [-0.39, 0.29) is 12.7 Å². The van der Waals surface area contributed by atoms with Gasteiger partial charge in [-0.25, -0.2) is 0 Å². The summed E-state index contributed by atoms with van der Waals surface area (Å²) < 4.78 is 10.9. The summed E-state index contributed by atoms with van der Waals surface area (Å²) >= 11 is 0. The summed E-state index contributed by atoms with van der Waals surface area (Å²) in [6.45, 7) is 3.88. The maximum atomic E-state index is 8.88. The van der Waals surface area contributed by atoms with E-state index in [2.05, 4.69) is 6.92 Å². The van der Waals surface area contributed by atoms with Crippen LogP contribution in [-0.2, 0) is 9.47 Å². The molecule has 0 radical (unpaired) electrons. The third kappa shape index (κ3) is 20.2. The van der Waals surface area contributed by atoms with E-state index in [0.717, 1.165) is 13.0 Å². The molecule has 0 saturated carbocycles. The summed E-state index contributed by atoms with van der Waals surface area (Å²) in [6.07, 6.45) is 23.0. The molecule has 26 heavy (non-hydrogen) atoms. The minimum Gasteiger partial charge on any atom is -0.396 e. The number of hydrogen-bond donors (Lipinski definition) is 1. The minimum absolute atomic E-state index is 0.0426. The molecule has 0 bridgehead atoms. The molecule has 3 heteroatoms. The Bertz CT molecular complexity index is 246. The average molecular weight is 373 g/mol. The Hall–Kier alpha value is -0.120. The molecule has 3 nitrogen and oxygen atoms in total. The van der Waals surface area contributed by atoms with Crippen molar-refractivity contribution >= 4 is 0 Å². The van der Waals surface area contributed by atoms with Crippen molar-refractivity contribution in [2.45, 2.75) is 122 Å². The van der Waals surface area contributed by atoms with E-state index in [0.29, 0.717) is 13.0 Å². The van der Waals surface area contributed by atoms with Crippen molar-refractivity contribution in [1.82, 2.24) is 0 Å². The van der Waals surface area contributed by atoms with Crippen molar-refractivity contribution in [2.75, 3.05) is 26.9 Å². The second-order valence-corrected chi connectivity index (χ2v) is 7.75. The average Bonchev–Trinajstić information content (AvgIpc) is 2.66. The molecule has 0 amide bonds. The molecular weight excluding hydrogens is 324 g/mol. The predicted octanol–water partition coefficient (Wildman–Crippen LogP) is 6.66. The van der Waals surface area contributed by atoms with Crippen LogP contribution in [0.15, 0.2) is 0 Å². The van der Waals surface area contributed by atoms with E-state index in [9.17, 15) is 0 Å². The molecule has 1 atom stereocenters. The van der Waals surface area contributed by atoms with Gasteiger partial charge in [-0.1, -0.05) is 103 Å². The highest BCUT2D eigenvalue weighted by atomic mass is 16.5. The first-order valence-corrected chi connectivity index (χ1v) is 11.6. The van der Waals surface area contributed by atoms with Crippen LogP contribution in [0.25, 0.3) is 0 Å². The van der Waals surface area contributed by atoms with Crippen LogP contribution in [0.1, 0.15) is 116 Å². The van der Waals surface area contributed by atoms with Gasteiger partial charge in [-0.15, -0.1) is 0 Å². The van der Waals surface area contributed by atoms with Crippen LogP contribution in [0.3, 0.4) is 0 Å². The van der Waals surface area contributed by atoms with Gasteiger partial charge in [0.05, 0.1) is 12.7 Å².